The first-order valence-corrected chi connectivity index (χ1v) is 8.17. The Balaban J connectivity index is 2.13. The highest BCUT2D eigenvalue weighted by atomic mass is 15.2. The first kappa shape index (κ1) is 15.5. The summed E-state index contributed by atoms with van der Waals surface area (Å²) in [4.78, 5) is 2.68. The first-order valence-electron chi connectivity index (χ1n) is 8.17. The third kappa shape index (κ3) is 4.07. The van der Waals surface area contributed by atoms with Crippen LogP contribution >= 0.6 is 0 Å². The van der Waals surface area contributed by atoms with Crippen molar-refractivity contribution in [2.24, 2.45) is 5.92 Å². The molecule has 1 saturated carbocycles. The van der Waals surface area contributed by atoms with Crippen molar-refractivity contribution in [1.29, 1.82) is 0 Å². The molecule has 1 aromatic rings. The number of hydrogen-bond donors (Lipinski definition) is 1. The Labute approximate surface area is 124 Å². The highest BCUT2D eigenvalue weighted by molar-refractivity contribution is 5.20. The fourth-order valence-electron chi connectivity index (χ4n) is 3.08. The molecule has 2 unspecified atom stereocenters. The highest BCUT2D eigenvalue weighted by Crippen LogP contribution is 2.32. The van der Waals surface area contributed by atoms with Crippen LogP contribution in [-0.2, 0) is 0 Å². The zero-order valence-corrected chi connectivity index (χ0v) is 13.5. The number of nitrogens with zero attached hydrogens (tertiary/aromatic N) is 1. The zero-order valence-electron chi connectivity index (χ0n) is 13.5. The molecule has 112 valence electrons. The fraction of sp³-hybridized carbons (Fsp3) is 0.667. The van der Waals surface area contributed by atoms with Gasteiger partial charge in [0.2, 0.25) is 0 Å². The Morgan fingerprint density at radius 2 is 1.80 bits per heavy atom. The van der Waals surface area contributed by atoms with E-state index in [1.165, 1.54) is 24.9 Å². The number of likely N-dealkylation sites (N-methyl/N-ethyl adjacent to an activating group) is 1. The number of hydrogen-bond acceptors (Lipinski definition) is 2. The van der Waals surface area contributed by atoms with Crippen molar-refractivity contribution in [2.45, 2.75) is 58.7 Å². The standard InChI is InChI=1S/C18H30N2/c1-5-19-18(17-9-7-6-8-10-17)15(4)20(14(2)3)13-16-11-12-16/h6-10,14-16,18-19H,5,11-13H2,1-4H3. The van der Waals surface area contributed by atoms with Crippen molar-refractivity contribution < 1.29 is 0 Å². The molecule has 2 heteroatoms. The Bertz CT molecular complexity index is 384. The smallest absolute Gasteiger partial charge is 0.0475 e. The quantitative estimate of drug-likeness (QED) is 0.774. The first-order chi connectivity index (χ1) is 9.63. The molecular formula is C18H30N2. The number of nitrogens with one attached hydrogen (secondary N) is 1. The van der Waals surface area contributed by atoms with Crippen molar-refractivity contribution in [3.05, 3.63) is 35.9 Å². The van der Waals surface area contributed by atoms with Crippen LogP contribution < -0.4 is 5.32 Å². The van der Waals surface area contributed by atoms with Gasteiger partial charge in [-0.1, -0.05) is 37.3 Å². The second-order valence-electron chi connectivity index (χ2n) is 6.42. The molecule has 0 amide bonds. The molecule has 2 rings (SSSR count). The van der Waals surface area contributed by atoms with Crippen LogP contribution in [0.2, 0.25) is 0 Å². The molecule has 0 bridgehead atoms. The van der Waals surface area contributed by atoms with E-state index in [1.54, 1.807) is 0 Å². The van der Waals surface area contributed by atoms with Crippen molar-refractivity contribution in [1.82, 2.24) is 10.2 Å². The van der Waals surface area contributed by atoms with Crippen LogP contribution in [0, 0.1) is 5.92 Å². The minimum Gasteiger partial charge on any atom is -0.309 e. The molecule has 1 aliphatic carbocycles. The predicted octanol–water partition coefficient (Wildman–Crippen LogP) is 3.85. The van der Waals surface area contributed by atoms with Gasteiger partial charge < -0.3 is 5.32 Å². The van der Waals surface area contributed by atoms with Crippen molar-refractivity contribution >= 4 is 0 Å². The van der Waals surface area contributed by atoms with Crippen molar-refractivity contribution in [2.75, 3.05) is 13.1 Å². The second kappa shape index (κ2) is 7.24. The van der Waals surface area contributed by atoms with Crippen molar-refractivity contribution in [3.63, 3.8) is 0 Å². The summed E-state index contributed by atoms with van der Waals surface area (Å²) in [5, 5.41) is 3.69. The molecule has 0 spiro atoms. The van der Waals surface area contributed by atoms with Crippen LogP contribution in [0.25, 0.3) is 0 Å². The average molecular weight is 274 g/mol. The molecular weight excluding hydrogens is 244 g/mol. The maximum Gasteiger partial charge on any atom is 0.0475 e. The maximum absolute atomic E-state index is 3.69. The lowest BCUT2D eigenvalue weighted by atomic mass is 9.97. The van der Waals surface area contributed by atoms with Crippen LogP contribution in [-0.4, -0.2) is 30.1 Å². The summed E-state index contributed by atoms with van der Waals surface area (Å²) in [5.41, 5.74) is 1.41. The van der Waals surface area contributed by atoms with Gasteiger partial charge in [-0.15, -0.1) is 0 Å². The number of benzene rings is 1. The van der Waals surface area contributed by atoms with Crippen LogP contribution in [0.4, 0.5) is 0 Å². The van der Waals surface area contributed by atoms with Crippen molar-refractivity contribution in [3.8, 4) is 0 Å². The van der Waals surface area contributed by atoms with E-state index < -0.39 is 0 Å². The molecule has 20 heavy (non-hydrogen) atoms. The zero-order chi connectivity index (χ0) is 14.5. The van der Waals surface area contributed by atoms with Crippen LogP contribution in [0.1, 0.15) is 52.1 Å². The summed E-state index contributed by atoms with van der Waals surface area (Å²) in [6, 6.07) is 12.4. The lowest BCUT2D eigenvalue weighted by Crippen LogP contribution is -2.47. The minimum atomic E-state index is 0.419. The molecule has 1 aromatic carbocycles. The molecule has 0 radical (unpaired) electrons. The van der Waals surface area contributed by atoms with Gasteiger partial charge in [-0.3, -0.25) is 4.90 Å². The van der Waals surface area contributed by atoms with Gasteiger partial charge in [0.15, 0.2) is 0 Å². The normalized spacial score (nSPS) is 18.5. The van der Waals surface area contributed by atoms with Gasteiger partial charge in [-0.05, 0) is 51.6 Å². The number of rotatable bonds is 8. The summed E-state index contributed by atoms with van der Waals surface area (Å²) in [6.07, 6.45) is 2.85. The summed E-state index contributed by atoms with van der Waals surface area (Å²) in [7, 11) is 0. The van der Waals surface area contributed by atoms with Crippen LogP contribution in [0.3, 0.4) is 0 Å². The van der Waals surface area contributed by atoms with E-state index in [1.807, 2.05) is 0 Å². The molecule has 2 atom stereocenters. The SMILES string of the molecule is CCNC(c1ccccc1)C(C)N(CC1CC1)C(C)C. The van der Waals surface area contributed by atoms with E-state index in [9.17, 15) is 0 Å². The second-order valence-corrected chi connectivity index (χ2v) is 6.42. The molecule has 0 aromatic heterocycles. The fourth-order valence-corrected chi connectivity index (χ4v) is 3.08. The third-order valence-corrected chi connectivity index (χ3v) is 4.42. The van der Waals surface area contributed by atoms with Gasteiger partial charge in [0.25, 0.3) is 0 Å². The Morgan fingerprint density at radius 1 is 1.15 bits per heavy atom. The van der Waals surface area contributed by atoms with E-state index in [2.05, 4.69) is 68.2 Å². The van der Waals surface area contributed by atoms with Gasteiger partial charge in [-0.2, -0.15) is 0 Å². The summed E-state index contributed by atoms with van der Waals surface area (Å²) < 4.78 is 0. The largest absolute Gasteiger partial charge is 0.309 e. The molecule has 2 nitrogen and oxygen atoms in total. The monoisotopic (exact) mass is 274 g/mol. The average Bonchev–Trinajstić information content (AvgIpc) is 3.26. The molecule has 0 aliphatic heterocycles. The van der Waals surface area contributed by atoms with E-state index in [4.69, 9.17) is 0 Å². The van der Waals surface area contributed by atoms with Gasteiger partial charge in [0.05, 0.1) is 0 Å². The lowest BCUT2D eigenvalue weighted by molar-refractivity contribution is 0.126. The van der Waals surface area contributed by atoms with Crippen LogP contribution in [0.5, 0.6) is 0 Å². The molecule has 0 heterocycles. The molecule has 1 N–H and O–H groups in total. The third-order valence-electron chi connectivity index (χ3n) is 4.42. The maximum atomic E-state index is 3.69. The molecule has 1 fully saturated rings. The van der Waals surface area contributed by atoms with Gasteiger partial charge in [0, 0.05) is 24.7 Å². The summed E-state index contributed by atoms with van der Waals surface area (Å²) in [6.45, 7) is 11.5. The minimum absolute atomic E-state index is 0.419. The Hall–Kier alpha value is -0.860. The van der Waals surface area contributed by atoms with E-state index >= 15 is 0 Å². The van der Waals surface area contributed by atoms with Gasteiger partial charge in [-0.25, -0.2) is 0 Å². The lowest BCUT2D eigenvalue weighted by Gasteiger charge is -2.38. The Kier molecular flexibility index (Phi) is 5.62. The topological polar surface area (TPSA) is 15.3 Å². The van der Waals surface area contributed by atoms with Gasteiger partial charge >= 0.3 is 0 Å². The molecule has 1 aliphatic rings. The summed E-state index contributed by atoms with van der Waals surface area (Å²) in [5.74, 6) is 0.942. The molecule has 0 saturated heterocycles. The van der Waals surface area contributed by atoms with E-state index in [0.29, 0.717) is 18.1 Å². The van der Waals surface area contributed by atoms with Crippen LogP contribution in [0.15, 0.2) is 30.3 Å². The highest BCUT2D eigenvalue weighted by Gasteiger charge is 2.31. The Morgan fingerprint density at radius 3 is 2.30 bits per heavy atom. The summed E-state index contributed by atoms with van der Waals surface area (Å²) >= 11 is 0. The van der Waals surface area contributed by atoms with E-state index in [-0.39, 0.29) is 0 Å². The van der Waals surface area contributed by atoms with E-state index in [0.717, 1.165) is 12.5 Å². The predicted molar refractivity (Wildman–Crippen MR) is 86.9 cm³/mol. The van der Waals surface area contributed by atoms with Gasteiger partial charge in [0.1, 0.15) is 0 Å².